The van der Waals surface area contributed by atoms with Crippen molar-refractivity contribution >= 4 is 5.78 Å². The van der Waals surface area contributed by atoms with Crippen LogP contribution in [0, 0.1) is 17.0 Å². The topological polar surface area (TPSA) is 26.3 Å². The molecule has 0 heterocycles. The molecule has 1 aromatic rings. The van der Waals surface area contributed by atoms with E-state index in [2.05, 4.69) is 20.8 Å². The lowest BCUT2D eigenvalue weighted by atomic mass is 9.93. The maximum atomic E-state index is 13.3. The van der Waals surface area contributed by atoms with Gasteiger partial charge in [0, 0.05) is 12.7 Å². The zero-order chi connectivity index (χ0) is 13.8. The molecule has 0 amide bonds. The van der Waals surface area contributed by atoms with Crippen LogP contribution in [0.4, 0.5) is 8.78 Å². The third kappa shape index (κ3) is 4.92. The minimum Gasteiger partial charge on any atom is -0.373 e. The van der Waals surface area contributed by atoms with Gasteiger partial charge in [-0.25, -0.2) is 8.78 Å². The summed E-state index contributed by atoms with van der Waals surface area (Å²) in [6.45, 7) is 6.46. The fraction of sp³-hybridized carbons (Fsp3) is 0.500. The number of rotatable bonds is 5. The van der Waals surface area contributed by atoms with Crippen LogP contribution in [0.2, 0.25) is 0 Å². The molecule has 0 atom stereocenters. The van der Waals surface area contributed by atoms with E-state index in [1.54, 1.807) is 0 Å². The molecule has 0 N–H and O–H groups in total. The first-order valence-electron chi connectivity index (χ1n) is 5.85. The summed E-state index contributed by atoms with van der Waals surface area (Å²) >= 11 is 0. The second-order valence-corrected chi connectivity index (χ2v) is 5.41. The summed E-state index contributed by atoms with van der Waals surface area (Å²) in [6.07, 6.45) is 0.812. The van der Waals surface area contributed by atoms with Crippen LogP contribution in [0.25, 0.3) is 0 Å². The molecule has 1 aromatic carbocycles. The SMILES string of the molecule is CC(C)(C)CCOCC(=O)c1ccc(F)cc1F. The van der Waals surface area contributed by atoms with Crippen LogP contribution in [0.15, 0.2) is 18.2 Å². The summed E-state index contributed by atoms with van der Waals surface area (Å²) in [5.41, 5.74) is -0.00312. The molecule has 0 spiro atoms. The quantitative estimate of drug-likeness (QED) is 0.594. The van der Waals surface area contributed by atoms with Crippen LogP contribution in [-0.2, 0) is 4.74 Å². The Hall–Kier alpha value is -1.29. The molecule has 0 aromatic heterocycles. The van der Waals surface area contributed by atoms with Gasteiger partial charge < -0.3 is 4.74 Å². The van der Waals surface area contributed by atoms with Crippen LogP contribution >= 0.6 is 0 Å². The molecule has 0 fully saturated rings. The molecule has 2 nitrogen and oxygen atoms in total. The molecule has 1 rings (SSSR count). The van der Waals surface area contributed by atoms with E-state index in [0.717, 1.165) is 18.6 Å². The number of ether oxygens (including phenoxy) is 1. The van der Waals surface area contributed by atoms with Gasteiger partial charge in [0.1, 0.15) is 18.2 Å². The van der Waals surface area contributed by atoms with Gasteiger partial charge in [0.15, 0.2) is 5.78 Å². The van der Waals surface area contributed by atoms with Crippen molar-refractivity contribution in [2.45, 2.75) is 27.2 Å². The van der Waals surface area contributed by atoms with Crippen molar-refractivity contribution in [3.63, 3.8) is 0 Å². The Morgan fingerprint density at radius 1 is 1.28 bits per heavy atom. The lowest BCUT2D eigenvalue weighted by Crippen LogP contribution is -2.15. The van der Waals surface area contributed by atoms with Crippen molar-refractivity contribution in [3.05, 3.63) is 35.4 Å². The van der Waals surface area contributed by atoms with Gasteiger partial charge in [-0.3, -0.25) is 4.79 Å². The molecule has 0 aliphatic heterocycles. The van der Waals surface area contributed by atoms with E-state index in [1.807, 2.05) is 0 Å². The summed E-state index contributed by atoms with van der Waals surface area (Å²) < 4.78 is 31.2. The van der Waals surface area contributed by atoms with E-state index in [9.17, 15) is 13.6 Å². The molecular weight excluding hydrogens is 238 g/mol. The van der Waals surface area contributed by atoms with Crippen molar-refractivity contribution in [3.8, 4) is 0 Å². The van der Waals surface area contributed by atoms with E-state index in [0.29, 0.717) is 12.7 Å². The summed E-state index contributed by atoms with van der Waals surface area (Å²) in [6, 6.07) is 2.90. The van der Waals surface area contributed by atoms with Crippen molar-refractivity contribution in [2.24, 2.45) is 5.41 Å². The molecule has 18 heavy (non-hydrogen) atoms. The monoisotopic (exact) mass is 256 g/mol. The Bertz CT molecular complexity index is 422. The fourth-order valence-corrected chi connectivity index (χ4v) is 1.34. The Labute approximate surface area is 106 Å². The van der Waals surface area contributed by atoms with Gasteiger partial charge in [0.05, 0.1) is 5.56 Å². The number of Topliss-reactive ketones (excluding diaryl/α,β-unsaturated/α-hetero) is 1. The van der Waals surface area contributed by atoms with Crippen LogP contribution in [0.5, 0.6) is 0 Å². The molecule has 0 aliphatic carbocycles. The van der Waals surface area contributed by atoms with E-state index < -0.39 is 17.4 Å². The maximum absolute atomic E-state index is 13.3. The average molecular weight is 256 g/mol. The lowest BCUT2D eigenvalue weighted by molar-refractivity contribution is 0.0701. The summed E-state index contributed by atoms with van der Waals surface area (Å²) in [4.78, 5) is 11.6. The first-order chi connectivity index (χ1) is 8.29. The molecule has 0 aliphatic rings. The first kappa shape index (κ1) is 14.8. The van der Waals surface area contributed by atoms with Crippen molar-refractivity contribution in [1.82, 2.24) is 0 Å². The van der Waals surface area contributed by atoms with E-state index in [-0.39, 0.29) is 17.6 Å². The molecule has 0 bridgehead atoms. The molecule has 100 valence electrons. The highest BCUT2D eigenvalue weighted by atomic mass is 19.1. The number of carbonyl (C=O) groups is 1. The number of hydrogen-bond donors (Lipinski definition) is 0. The normalized spacial score (nSPS) is 11.6. The maximum Gasteiger partial charge on any atom is 0.191 e. The second-order valence-electron chi connectivity index (χ2n) is 5.41. The van der Waals surface area contributed by atoms with Crippen LogP contribution in [0.3, 0.4) is 0 Å². The molecule has 4 heteroatoms. The Kier molecular flexibility index (Phi) is 4.96. The third-order valence-corrected chi connectivity index (χ3v) is 2.46. The highest BCUT2D eigenvalue weighted by Gasteiger charge is 2.14. The number of hydrogen-bond acceptors (Lipinski definition) is 2. The van der Waals surface area contributed by atoms with Gasteiger partial charge in [0.2, 0.25) is 0 Å². The molecule has 0 saturated carbocycles. The van der Waals surface area contributed by atoms with E-state index in [4.69, 9.17) is 4.74 Å². The van der Waals surface area contributed by atoms with Gasteiger partial charge in [-0.15, -0.1) is 0 Å². The first-order valence-corrected chi connectivity index (χ1v) is 5.85. The lowest BCUT2D eigenvalue weighted by Gasteiger charge is -2.17. The minimum atomic E-state index is -0.848. The van der Waals surface area contributed by atoms with Crippen LogP contribution in [-0.4, -0.2) is 19.0 Å². The number of ketones is 1. The van der Waals surface area contributed by atoms with Crippen molar-refractivity contribution in [1.29, 1.82) is 0 Å². The average Bonchev–Trinajstić information content (AvgIpc) is 2.22. The standard InChI is InChI=1S/C14H18F2O2/c1-14(2,3)6-7-18-9-13(17)11-5-4-10(15)8-12(11)16/h4-5,8H,6-7,9H2,1-3H3. The van der Waals surface area contributed by atoms with Gasteiger partial charge >= 0.3 is 0 Å². The zero-order valence-electron chi connectivity index (χ0n) is 10.9. The molecule has 0 unspecified atom stereocenters. The zero-order valence-corrected chi connectivity index (χ0v) is 10.9. The van der Waals surface area contributed by atoms with E-state index >= 15 is 0 Å². The number of benzene rings is 1. The molecular formula is C14H18F2O2. The van der Waals surface area contributed by atoms with E-state index in [1.165, 1.54) is 0 Å². The van der Waals surface area contributed by atoms with Gasteiger partial charge in [-0.2, -0.15) is 0 Å². The minimum absolute atomic E-state index is 0.129. The highest BCUT2D eigenvalue weighted by Crippen LogP contribution is 2.18. The van der Waals surface area contributed by atoms with Crippen LogP contribution < -0.4 is 0 Å². The largest absolute Gasteiger partial charge is 0.373 e. The predicted octanol–water partition coefficient (Wildman–Crippen LogP) is 3.60. The summed E-state index contributed by atoms with van der Waals surface area (Å²) in [5, 5.41) is 0. The van der Waals surface area contributed by atoms with Crippen molar-refractivity contribution in [2.75, 3.05) is 13.2 Å². The summed E-state index contributed by atoms with van der Waals surface area (Å²) in [7, 11) is 0. The number of carbonyl (C=O) groups excluding carboxylic acids is 1. The molecule has 0 radical (unpaired) electrons. The summed E-state index contributed by atoms with van der Waals surface area (Å²) in [5.74, 6) is -2.02. The second kappa shape index (κ2) is 6.05. The fourth-order valence-electron chi connectivity index (χ4n) is 1.34. The van der Waals surface area contributed by atoms with Gasteiger partial charge in [-0.1, -0.05) is 20.8 Å². The Morgan fingerprint density at radius 2 is 1.94 bits per heavy atom. The predicted molar refractivity (Wildman–Crippen MR) is 65.6 cm³/mol. The van der Waals surface area contributed by atoms with Gasteiger partial charge in [0.25, 0.3) is 0 Å². The highest BCUT2D eigenvalue weighted by molar-refractivity contribution is 5.97. The van der Waals surface area contributed by atoms with Crippen LogP contribution in [0.1, 0.15) is 37.6 Å². The smallest absolute Gasteiger partial charge is 0.191 e. The van der Waals surface area contributed by atoms with Gasteiger partial charge in [-0.05, 0) is 24.0 Å². The third-order valence-electron chi connectivity index (χ3n) is 2.46. The number of halogens is 2. The Balaban J connectivity index is 2.46. The molecule has 0 saturated heterocycles. The van der Waals surface area contributed by atoms with Crippen molar-refractivity contribution < 1.29 is 18.3 Å². The Morgan fingerprint density at radius 3 is 2.50 bits per heavy atom.